The van der Waals surface area contributed by atoms with Gasteiger partial charge in [-0.1, -0.05) is 31.5 Å². The van der Waals surface area contributed by atoms with Crippen molar-refractivity contribution >= 4 is 28.5 Å². The van der Waals surface area contributed by atoms with E-state index in [1.165, 1.54) is 5.56 Å². The number of carbonyl (C=O) groups excluding carboxylic acids is 1. The average molecular weight is 279 g/mol. The van der Waals surface area contributed by atoms with Gasteiger partial charge in [-0.25, -0.2) is 9.78 Å². The largest absolute Gasteiger partial charge is 0.462 e. The SMILES string of the molecule is CCOC(=O)c1c[nH+]c2cc(C(C)C)ccc2c1Cl. The van der Waals surface area contributed by atoms with Gasteiger partial charge in [0.2, 0.25) is 5.52 Å². The first-order valence-electron chi connectivity index (χ1n) is 6.35. The van der Waals surface area contributed by atoms with Crippen LogP contribution >= 0.6 is 11.6 Å². The molecule has 4 heteroatoms. The number of benzene rings is 1. The number of carbonyl (C=O) groups is 1. The molecule has 0 aliphatic rings. The predicted octanol–water partition coefficient (Wildman–Crippen LogP) is 3.61. The number of ether oxygens (including phenoxy) is 1. The molecular weight excluding hydrogens is 262 g/mol. The molecule has 1 heterocycles. The zero-order valence-electron chi connectivity index (χ0n) is 11.3. The summed E-state index contributed by atoms with van der Waals surface area (Å²) in [6, 6.07) is 6.02. The van der Waals surface area contributed by atoms with E-state index in [9.17, 15) is 4.79 Å². The molecule has 0 atom stereocenters. The van der Waals surface area contributed by atoms with Gasteiger partial charge >= 0.3 is 5.97 Å². The van der Waals surface area contributed by atoms with Crippen molar-refractivity contribution in [1.82, 2.24) is 0 Å². The van der Waals surface area contributed by atoms with Gasteiger partial charge in [-0.05, 0) is 24.5 Å². The third-order valence-corrected chi connectivity index (χ3v) is 3.46. The van der Waals surface area contributed by atoms with Crippen molar-refractivity contribution in [1.29, 1.82) is 0 Å². The summed E-state index contributed by atoms with van der Waals surface area (Å²) < 4.78 is 4.98. The van der Waals surface area contributed by atoms with Crippen molar-refractivity contribution < 1.29 is 14.5 Å². The maximum Gasteiger partial charge on any atom is 0.345 e. The zero-order chi connectivity index (χ0) is 14.0. The Morgan fingerprint density at radius 3 is 2.79 bits per heavy atom. The van der Waals surface area contributed by atoms with E-state index >= 15 is 0 Å². The maximum absolute atomic E-state index is 11.8. The molecule has 19 heavy (non-hydrogen) atoms. The average Bonchev–Trinajstić information content (AvgIpc) is 2.38. The Morgan fingerprint density at radius 2 is 2.16 bits per heavy atom. The Balaban J connectivity index is 2.54. The molecule has 2 rings (SSSR count). The van der Waals surface area contributed by atoms with E-state index in [0.29, 0.717) is 23.1 Å². The van der Waals surface area contributed by atoms with E-state index < -0.39 is 5.97 Å². The van der Waals surface area contributed by atoms with Crippen molar-refractivity contribution in [2.24, 2.45) is 0 Å². The molecule has 3 nitrogen and oxygen atoms in total. The molecule has 1 aromatic heterocycles. The number of halogens is 1. The summed E-state index contributed by atoms with van der Waals surface area (Å²) >= 11 is 6.28. The number of aromatic nitrogens is 1. The van der Waals surface area contributed by atoms with Crippen LogP contribution < -0.4 is 4.98 Å². The highest BCUT2D eigenvalue weighted by Crippen LogP contribution is 2.27. The van der Waals surface area contributed by atoms with Crippen molar-refractivity contribution in [2.45, 2.75) is 26.7 Å². The summed E-state index contributed by atoms with van der Waals surface area (Å²) in [5.74, 6) is 0.0416. The number of nitrogens with one attached hydrogen (secondary N) is 1. The van der Waals surface area contributed by atoms with Gasteiger partial charge in [-0.3, -0.25) is 0 Å². The molecule has 0 unspecified atom stereocenters. The number of esters is 1. The smallest absolute Gasteiger partial charge is 0.345 e. The molecule has 0 aliphatic heterocycles. The van der Waals surface area contributed by atoms with Crippen LogP contribution in [0.25, 0.3) is 10.9 Å². The van der Waals surface area contributed by atoms with Crippen LogP contribution in [0.15, 0.2) is 24.4 Å². The van der Waals surface area contributed by atoms with Crippen LogP contribution in [-0.4, -0.2) is 12.6 Å². The minimum atomic E-state index is -0.404. The number of rotatable bonds is 3. The Kier molecular flexibility index (Phi) is 4.05. The number of fused-ring (bicyclic) bond motifs is 1. The summed E-state index contributed by atoms with van der Waals surface area (Å²) in [5, 5.41) is 1.26. The normalized spacial score (nSPS) is 11.0. The topological polar surface area (TPSA) is 40.4 Å². The van der Waals surface area contributed by atoms with Crippen LogP contribution in [0.3, 0.4) is 0 Å². The van der Waals surface area contributed by atoms with Crippen LogP contribution in [-0.2, 0) is 4.74 Å². The van der Waals surface area contributed by atoms with E-state index in [1.807, 2.05) is 12.1 Å². The fraction of sp³-hybridized carbons (Fsp3) is 0.333. The van der Waals surface area contributed by atoms with Crippen molar-refractivity contribution in [3.63, 3.8) is 0 Å². The van der Waals surface area contributed by atoms with Crippen molar-refractivity contribution in [3.05, 3.63) is 40.5 Å². The number of pyridine rings is 1. The van der Waals surface area contributed by atoms with Gasteiger partial charge in [-0.15, -0.1) is 0 Å². The van der Waals surface area contributed by atoms with Crippen LogP contribution in [0.4, 0.5) is 0 Å². The number of H-pyrrole nitrogens is 1. The molecule has 0 amide bonds. The second kappa shape index (κ2) is 5.57. The highest BCUT2D eigenvalue weighted by atomic mass is 35.5. The van der Waals surface area contributed by atoms with Crippen LogP contribution in [0, 0.1) is 0 Å². The number of hydrogen-bond donors (Lipinski definition) is 0. The summed E-state index contributed by atoms with van der Waals surface area (Å²) in [6.45, 7) is 6.37. The number of aromatic amines is 1. The lowest BCUT2D eigenvalue weighted by Crippen LogP contribution is -2.13. The molecule has 0 radical (unpaired) electrons. The molecule has 1 N–H and O–H groups in total. The molecular formula is C15H17ClNO2+. The Morgan fingerprint density at radius 1 is 1.42 bits per heavy atom. The minimum Gasteiger partial charge on any atom is -0.462 e. The van der Waals surface area contributed by atoms with Gasteiger partial charge in [0.25, 0.3) is 0 Å². The lowest BCUT2D eigenvalue weighted by Gasteiger charge is -2.06. The van der Waals surface area contributed by atoms with Crippen LogP contribution in [0.1, 0.15) is 42.6 Å². The molecule has 2 aromatic rings. The van der Waals surface area contributed by atoms with E-state index in [1.54, 1.807) is 13.1 Å². The summed E-state index contributed by atoms with van der Waals surface area (Å²) in [7, 11) is 0. The molecule has 100 valence electrons. The Bertz CT molecular complexity index is 623. The minimum absolute atomic E-state index is 0.333. The predicted molar refractivity (Wildman–Crippen MR) is 75.6 cm³/mol. The first-order valence-corrected chi connectivity index (χ1v) is 6.73. The molecule has 0 bridgehead atoms. The van der Waals surface area contributed by atoms with Crippen LogP contribution in [0.5, 0.6) is 0 Å². The van der Waals surface area contributed by atoms with E-state index in [4.69, 9.17) is 16.3 Å². The van der Waals surface area contributed by atoms with Crippen molar-refractivity contribution in [3.8, 4) is 0 Å². The third-order valence-electron chi connectivity index (χ3n) is 3.05. The Hall–Kier alpha value is -1.61. The van der Waals surface area contributed by atoms with Gasteiger partial charge < -0.3 is 4.74 Å². The second-order valence-electron chi connectivity index (χ2n) is 4.70. The Labute approximate surface area is 117 Å². The first kappa shape index (κ1) is 13.8. The molecule has 0 spiro atoms. The summed E-state index contributed by atoms with van der Waals surface area (Å²) in [5.41, 5.74) is 2.52. The summed E-state index contributed by atoms with van der Waals surface area (Å²) in [4.78, 5) is 14.9. The van der Waals surface area contributed by atoms with Gasteiger partial charge in [-0.2, -0.15) is 0 Å². The van der Waals surface area contributed by atoms with Gasteiger partial charge in [0.1, 0.15) is 5.56 Å². The van der Waals surface area contributed by atoms with Gasteiger partial charge in [0.15, 0.2) is 6.20 Å². The van der Waals surface area contributed by atoms with E-state index in [-0.39, 0.29) is 0 Å². The molecule has 0 saturated carbocycles. The zero-order valence-corrected chi connectivity index (χ0v) is 12.0. The lowest BCUT2D eigenvalue weighted by molar-refractivity contribution is -0.344. The lowest BCUT2D eigenvalue weighted by atomic mass is 10.0. The fourth-order valence-corrected chi connectivity index (χ4v) is 2.24. The van der Waals surface area contributed by atoms with Gasteiger partial charge in [0.05, 0.1) is 17.0 Å². The third kappa shape index (κ3) is 2.71. The molecule has 1 aromatic carbocycles. The standard InChI is InChI=1S/C15H16ClNO2/c1-4-19-15(18)12-8-17-13-7-10(9(2)3)5-6-11(13)14(12)16/h5-9H,4H2,1-3H3/p+1. The molecule has 0 fully saturated rings. The maximum atomic E-state index is 11.8. The first-order chi connectivity index (χ1) is 9.04. The van der Waals surface area contributed by atoms with E-state index in [0.717, 1.165) is 10.9 Å². The highest BCUT2D eigenvalue weighted by Gasteiger charge is 2.19. The highest BCUT2D eigenvalue weighted by molar-refractivity contribution is 6.38. The van der Waals surface area contributed by atoms with E-state index in [2.05, 4.69) is 24.9 Å². The van der Waals surface area contributed by atoms with Gasteiger partial charge in [0, 0.05) is 6.07 Å². The summed E-state index contributed by atoms with van der Waals surface area (Å²) in [6.07, 6.45) is 1.60. The second-order valence-corrected chi connectivity index (χ2v) is 5.07. The molecule has 0 saturated heterocycles. The molecule has 0 aliphatic carbocycles. The van der Waals surface area contributed by atoms with Crippen LogP contribution in [0.2, 0.25) is 5.02 Å². The quantitative estimate of drug-likeness (QED) is 0.805. The number of hydrogen-bond acceptors (Lipinski definition) is 2. The fourth-order valence-electron chi connectivity index (χ4n) is 1.95. The monoisotopic (exact) mass is 278 g/mol. The van der Waals surface area contributed by atoms with Crippen molar-refractivity contribution in [2.75, 3.05) is 6.61 Å².